The summed E-state index contributed by atoms with van der Waals surface area (Å²) in [5.41, 5.74) is 0.0174. The first-order chi connectivity index (χ1) is 8.86. The van der Waals surface area contributed by atoms with Gasteiger partial charge in [0.2, 0.25) is 5.91 Å². The average molecular weight is 271 g/mol. The van der Waals surface area contributed by atoms with E-state index in [0.717, 1.165) is 12.1 Å². The summed E-state index contributed by atoms with van der Waals surface area (Å²) in [6, 6.07) is 4.83. The maximum Gasteiger partial charge on any atom is 0.416 e. The molecule has 1 saturated heterocycles. The standard InChI is InChI=1S/C13H12F3NO2/c14-13(15,16)10-3-1-9(2-4-10)5-6-17-8-11(18)7-12(17)19/h1-4H,5-8H2. The number of hydrogen-bond acceptors (Lipinski definition) is 2. The summed E-state index contributed by atoms with van der Waals surface area (Å²) in [5.74, 6) is -0.325. The van der Waals surface area contributed by atoms with Crippen LogP contribution in [0.5, 0.6) is 0 Å². The summed E-state index contributed by atoms with van der Waals surface area (Å²) < 4.78 is 37.1. The van der Waals surface area contributed by atoms with Gasteiger partial charge < -0.3 is 4.90 Å². The van der Waals surface area contributed by atoms with Gasteiger partial charge in [0.05, 0.1) is 18.5 Å². The third-order valence-electron chi connectivity index (χ3n) is 3.02. The SMILES string of the molecule is O=C1CC(=O)N(CCc2ccc(C(F)(F)F)cc2)C1. The van der Waals surface area contributed by atoms with Gasteiger partial charge in [-0.1, -0.05) is 12.1 Å². The number of carbonyl (C=O) groups is 2. The fraction of sp³-hybridized carbons (Fsp3) is 0.385. The Balaban J connectivity index is 1.94. The van der Waals surface area contributed by atoms with Crippen molar-refractivity contribution in [1.82, 2.24) is 4.90 Å². The van der Waals surface area contributed by atoms with Gasteiger partial charge in [-0.15, -0.1) is 0 Å². The second-order valence-corrected chi connectivity index (χ2v) is 4.48. The molecule has 102 valence electrons. The third-order valence-corrected chi connectivity index (χ3v) is 3.02. The first kappa shape index (κ1) is 13.6. The van der Waals surface area contributed by atoms with Gasteiger partial charge >= 0.3 is 6.18 Å². The lowest BCUT2D eigenvalue weighted by molar-refractivity contribution is -0.137. The van der Waals surface area contributed by atoms with Crippen molar-refractivity contribution in [3.05, 3.63) is 35.4 Å². The van der Waals surface area contributed by atoms with E-state index < -0.39 is 11.7 Å². The Morgan fingerprint density at radius 1 is 1.11 bits per heavy atom. The molecule has 3 nitrogen and oxygen atoms in total. The number of ketones is 1. The molecular formula is C13H12F3NO2. The Hall–Kier alpha value is -1.85. The van der Waals surface area contributed by atoms with Gasteiger partial charge in [-0.2, -0.15) is 13.2 Å². The lowest BCUT2D eigenvalue weighted by Crippen LogP contribution is -2.27. The van der Waals surface area contributed by atoms with E-state index in [1.807, 2.05) is 0 Å². The number of alkyl halides is 3. The maximum absolute atomic E-state index is 12.4. The van der Waals surface area contributed by atoms with Crippen molar-refractivity contribution in [3.8, 4) is 0 Å². The fourth-order valence-corrected chi connectivity index (χ4v) is 1.97. The second-order valence-electron chi connectivity index (χ2n) is 4.48. The summed E-state index contributed by atoms with van der Waals surface area (Å²) in [6.07, 6.45) is -3.96. The molecule has 1 aromatic carbocycles. The molecule has 1 aliphatic heterocycles. The molecular weight excluding hydrogens is 259 g/mol. The van der Waals surface area contributed by atoms with Gasteiger partial charge in [-0.3, -0.25) is 9.59 Å². The van der Waals surface area contributed by atoms with E-state index in [4.69, 9.17) is 0 Å². The molecule has 19 heavy (non-hydrogen) atoms. The smallest absolute Gasteiger partial charge is 0.335 e. The van der Waals surface area contributed by atoms with Crippen LogP contribution in [0.2, 0.25) is 0 Å². The van der Waals surface area contributed by atoms with Gasteiger partial charge in [0, 0.05) is 6.54 Å². The lowest BCUT2D eigenvalue weighted by Gasteiger charge is -2.14. The van der Waals surface area contributed by atoms with Crippen molar-refractivity contribution in [3.63, 3.8) is 0 Å². The van der Waals surface area contributed by atoms with Crippen LogP contribution < -0.4 is 0 Å². The Kier molecular flexibility index (Phi) is 3.59. The average Bonchev–Trinajstić information content (AvgIpc) is 2.65. The van der Waals surface area contributed by atoms with Crippen LogP contribution in [0.25, 0.3) is 0 Å². The molecule has 0 spiro atoms. The van der Waals surface area contributed by atoms with E-state index in [2.05, 4.69) is 0 Å². The first-order valence-corrected chi connectivity index (χ1v) is 5.82. The van der Waals surface area contributed by atoms with Crippen LogP contribution in [-0.2, 0) is 22.2 Å². The van der Waals surface area contributed by atoms with E-state index in [0.29, 0.717) is 18.5 Å². The maximum atomic E-state index is 12.4. The van der Waals surface area contributed by atoms with Gasteiger partial charge in [0.25, 0.3) is 0 Å². The van der Waals surface area contributed by atoms with Crippen LogP contribution in [0.15, 0.2) is 24.3 Å². The topological polar surface area (TPSA) is 37.4 Å². The summed E-state index contributed by atoms with van der Waals surface area (Å²) in [4.78, 5) is 23.8. The number of benzene rings is 1. The van der Waals surface area contributed by atoms with Gasteiger partial charge in [-0.05, 0) is 24.1 Å². The molecule has 0 aliphatic carbocycles. The number of halogens is 3. The highest BCUT2D eigenvalue weighted by Gasteiger charge is 2.30. The monoisotopic (exact) mass is 271 g/mol. The first-order valence-electron chi connectivity index (χ1n) is 5.82. The molecule has 0 saturated carbocycles. The minimum atomic E-state index is -4.34. The summed E-state index contributed by atoms with van der Waals surface area (Å²) in [7, 11) is 0. The molecule has 0 bridgehead atoms. The van der Waals surface area contributed by atoms with E-state index in [1.54, 1.807) is 0 Å². The quantitative estimate of drug-likeness (QED) is 0.789. The Morgan fingerprint density at radius 3 is 2.21 bits per heavy atom. The lowest BCUT2D eigenvalue weighted by atomic mass is 10.1. The van der Waals surface area contributed by atoms with Crippen molar-refractivity contribution in [1.29, 1.82) is 0 Å². The minimum absolute atomic E-state index is 0.0625. The third kappa shape index (κ3) is 3.33. The number of hydrogen-bond donors (Lipinski definition) is 0. The molecule has 0 unspecified atom stereocenters. The predicted molar refractivity (Wildman–Crippen MR) is 61.4 cm³/mol. The van der Waals surface area contributed by atoms with Crippen molar-refractivity contribution in [2.24, 2.45) is 0 Å². The largest absolute Gasteiger partial charge is 0.416 e. The molecule has 1 heterocycles. The van der Waals surface area contributed by atoms with Gasteiger partial charge in [-0.25, -0.2) is 0 Å². The number of carbonyl (C=O) groups excluding carboxylic acids is 2. The number of amides is 1. The molecule has 0 radical (unpaired) electrons. The van der Waals surface area contributed by atoms with Crippen LogP contribution in [0.3, 0.4) is 0 Å². The Labute approximate surface area is 108 Å². The zero-order valence-corrected chi connectivity index (χ0v) is 10.0. The van der Waals surface area contributed by atoms with Crippen LogP contribution in [0, 0.1) is 0 Å². The molecule has 0 atom stereocenters. The summed E-state index contributed by atoms with van der Waals surface area (Å²) in [5, 5.41) is 0. The van der Waals surface area contributed by atoms with Crippen LogP contribution >= 0.6 is 0 Å². The molecule has 1 fully saturated rings. The van der Waals surface area contributed by atoms with E-state index >= 15 is 0 Å². The Bertz CT molecular complexity index is 494. The zero-order chi connectivity index (χ0) is 14.0. The summed E-state index contributed by atoms with van der Waals surface area (Å²) >= 11 is 0. The van der Waals surface area contributed by atoms with Crippen molar-refractivity contribution < 1.29 is 22.8 Å². The molecule has 0 aromatic heterocycles. The molecule has 1 aromatic rings. The molecule has 1 aliphatic rings. The fourth-order valence-electron chi connectivity index (χ4n) is 1.97. The second kappa shape index (κ2) is 5.03. The highest BCUT2D eigenvalue weighted by molar-refractivity contribution is 6.05. The van der Waals surface area contributed by atoms with Crippen molar-refractivity contribution >= 4 is 11.7 Å². The number of Topliss-reactive ketones (excluding diaryl/α,β-unsaturated/α-hetero) is 1. The Morgan fingerprint density at radius 2 is 1.74 bits per heavy atom. The number of nitrogens with zero attached hydrogens (tertiary/aromatic N) is 1. The van der Waals surface area contributed by atoms with E-state index in [1.165, 1.54) is 17.0 Å². The van der Waals surface area contributed by atoms with Crippen LogP contribution in [0.1, 0.15) is 17.5 Å². The molecule has 6 heteroatoms. The highest BCUT2D eigenvalue weighted by Crippen LogP contribution is 2.29. The predicted octanol–water partition coefficient (Wildman–Crippen LogP) is 2.05. The molecule has 1 amide bonds. The van der Waals surface area contributed by atoms with Crippen molar-refractivity contribution in [2.75, 3.05) is 13.1 Å². The number of rotatable bonds is 3. The molecule has 2 rings (SSSR count). The summed E-state index contributed by atoms with van der Waals surface area (Å²) in [6.45, 7) is 0.468. The van der Waals surface area contributed by atoms with E-state index in [-0.39, 0.29) is 24.7 Å². The van der Waals surface area contributed by atoms with Gasteiger partial charge in [0.15, 0.2) is 5.78 Å². The molecule has 0 N–H and O–H groups in total. The van der Waals surface area contributed by atoms with Crippen LogP contribution in [0.4, 0.5) is 13.2 Å². The van der Waals surface area contributed by atoms with Crippen molar-refractivity contribution in [2.45, 2.75) is 19.0 Å². The van der Waals surface area contributed by atoms with E-state index in [9.17, 15) is 22.8 Å². The van der Waals surface area contributed by atoms with Crippen LogP contribution in [-0.4, -0.2) is 29.7 Å². The minimum Gasteiger partial charge on any atom is -0.335 e. The van der Waals surface area contributed by atoms with Gasteiger partial charge in [0.1, 0.15) is 0 Å². The highest BCUT2D eigenvalue weighted by atomic mass is 19.4. The number of likely N-dealkylation sites (tertiary alicyclic amines) is 1. The normalized spacial score (nSPS) is 16.3. The zero-order valence-electron chi connectivity index (χ0n) is 10.0.